The summed E-state index contributed by atoms with van der Waals surface area (Å²) in [4.78, 5) is 15.2. The number of alkyl halides is 3. The van der Waals surface area contributed by atoms with Crippen molar-refractivity contribution in [3.63, 3.8) is 0 Å². The van der Waals surface area contributed by atoms with Crippen LogP contribution in [0.1, 0.15) is 35.3 Å². The van der Waals surface area contributed by atoms with Crippen molar-refractivity contribution in [2.24, 2.45) is 5.92 Å². The van der Waals surface area contributed by atoms with Crippen molar-refractivity contribution in [2.45, 2.75) is 43.7 Å². The summed E-state index contributed by atoms with van der Waals surface area (Å²) in [6, 6.07) is 17.5. The third-order valence-electron chi connectivity index (χ3n) is 7.42. The summed E-state index contributed by atoms with van der Waals surface area (Å²) >= 11 is 0. The fraction of sp³-hybridized carbons (Fsp3) is 0.367. The predicted octanol–water partition coefficient (Wildman–Crippen LogP) is 5.05. The molecule has 1 amide bonds. The highest BCUT2D eigenvalue weighted by atomic mass is 32.2. The van der Waals surface area contributed by atoms with Gasteiger partial charge in [0.1, 0.15) is 0 Å². The average Bonchev–Trinajstić information content (AvgIpc) is 2.97. The summed E-state index contributed by atoms with van der Waals surface area (Å²) in [6.45, 7) is 3.49. The smallest absolute Gasteiger partial charge is 0.394 e. The number of ether oxygens (including phenoxy) is 1. The van der Waals surface area contributed by atoms with E-state index < -0.39 is 33.9 Å². The minimum absolute atomic E-state index is 0.116. The van der Waals surface area contributed by atoms with Crippen molar-refractivity contribution < 1.29 is 36.2 Å². The molecule has 3 aromatic rings. The van der Waals surface area contributed by atoms with Crippen LogP contribution in [-0.4, -0.2) is 67.5 Å². The SMILES string of the molecule is C[C@H]1CN([C@@H](C)CO)C(=O)c2ccccc2-c2ccccc2CO[C@H]1CN(C)S(=O)(=O)c1ccc(C(F)(F)F)cc1. The number of hydrogen-bond acceptors (Lipinski definition) is 5. The largest absolute Gasteiger partial charge is 0.416 e. The molecule has 0 radical (unpaired) electrons. The van der Waals surface area contributed by atoms with Crippen molar-refractivity contribution in [3.8, 4) is 11.1 Å². The molecular weight excluding hydrogens is 557 g/mol. The molecule has 4 rings (SSSR count). The number of fused-ring (bicyclic) bond motifs is 3. The number of nitrogens with zero attached hydrogens (tertiary/aromatic N) is 2. The molecule has 0 saturated carbocycles. The molecule has 0 fully saturated rings. The molecule has 0 bridgehead atoms. The monoisotopic (exact) mass is 590 g/mol. The first kappa shape index (κ1) is 30.7. The van der Waals surface area contributed by atoms with Crippen LogP contribution < -0.4 is 0 Å². The van der Waals surface area contributed by atoms with E-state index in [2.05, 4.69) is 0 Å². The highest BCUT2D eigenvalue weighted by Crippen LogP contribution is 2.32. The van der Waals surface area contributed by atoms with Gasteiger partial charge in [-0.15, -0.1) is 0 Å². The highest BCUT2D eigenvalue weighted by molar-refractivity contribution is 7.89. The number of aliphatic hydroxyl groups excluding tert-OH is 1. The van der Waals surface area contributed by atoms with Gasteiger partial charge in [0, 0.05) is 31.6 Å². The number of benzene rings is 3. The fourth-order valence-corrected chi connectivity index (χ4v) is 6.08. The van der Waals surface area contributed by atoms with Crippen LogP contribution in [0.25, 0.3) is 11.1 Å². The summed E-state index contributed by atoms with van der Waals surface area (Å²) in [5, 5.41) is 9.97. The third kappa shape index (κ3) is 6.64. The lowest BCUT2D eigenvalue weighted by Gasteiger charge is -2.35. The summed E-state index contributed by atoms with van der Waals surface area (Å²) in [6.07, 6.45) is -5.28. The Morgan fingerprint density at radius 2 is 1.59 bits per heavy atom. The lowest BCUT2D eigenvalue weighted by Crippen LogP contribution is -2.47. The number of aliphatic hydroxyl groups is 1. The van der Waals surface area contributed by atoms with E-state index in [1.54, 1.807) is 24.0 Å². The minimum Gasteiger partial charge on any atom is -0.394 e. The zero-order chi connectivity index (χ0) is 29.9. The first-order chi connectivity index (χ1) is 19.3. The number of rotatable bonds is 6. The molecule has 0 aromatic heterocycles. The van der Waals surface area contributed by atoms with Crippen molar-refractivity contribution in [2.75, 3.05) is 26.7 Å². The number of halogens is 3. The summed E-state index contributed by atoms with van der Waals surface area (Å²) < 4.78 is 73.0. The Bertz CT molecular complexity index is 1480. The molecule has 220 valence electrons. The van der Waals surface area contributed by atoms with Crippen LogP contribution in [0.5, 0.6) is 0 Å². The van der Waals surface area contributed by atoms with Gasteiger partial charge in [0.2, 0.25) is 10.0 Å². The molecule has 0 aliphatic carbocycles. The van der Waals surface area contributed by atoms with Crippen molar-refractivity contribution in [1.82, 2.24) is 9.21 Å². The average molecular weight is 591 g/mol. The van der Waals surface area contributed by atoms with E-state index in [-0.39, 0.29) is 43.0 Å². The Labute approximate surface area is 238 Å². The lowest BCUT2D eigenvalue weighted by atomic mass is 9.94. The Hall–Kier alpha value is -3.25. The number of carbonyl (C=O) groups excluding carboxylic acids is 1. The molecule has 0 spiro atoms. The molecule has 0 saturated heterocycles. The van der Waals surface area contributed by atoms with Gasteiger partial charge in [-0.2, -0.15) is 17.5 Å². The van der Waals surface area contributed by atoms with E-state index in [0.717, 1.165) is 45.3 Å². The third-order valence-corrected chi connectivity index (χ3v) is 9.26. The van der Waals surface area contributed by atoms with Crippen molar-refractivity contribution in [1.29, 1.82) is 0 Å². The maximum absolute atomic E-state index is 13.9. The van der Waals surface area contributed by atoms with Gasteiger partial charge in [-0.3, -0.25) is 4.79 Å². The molecule has 1 N–H and O–H groups in total. The van der Waals surface area contributed by atoms with Crippen LogP contribution in [-0.2, 0) is 27.5 Å². The maximum atomic E-state index is 13.9. The van der Waals surface area contributed by atoms with Crippen LogP contribution in [0, 0.1) is 5.92 Å². The van der Waals surface area contributed by atoms with E-state index in [1.165, 1.54) is 7.05 Å². The summed E-state index contributed by atoms with van der Waals surface area (Å²) in [5.74, 6) is -0.647. The van der Waals surface area contributed by atoms with Crippen molar-refractivity contribution in [3.05, 3.63) is 89.5 Å². The predicted molar refractivity (Wildman–Crippen MR) is 148 cm³/mol. The molecule has 1 heterocycles. The fourth-order valence-electron chi connectivity index (χ4n) is 4.90. The van der Waals surface area contributed by atoms with E-state index in [9.17, 15) is 31.5 Å². The zero-order valence-corrected chi connectivity index (χ0v) is 23.8. The Morgan fingerprint density at radius 1 is 1.00 bits per heavy atom. The second-order valence-electron chi connectivity index (χ2n) is 10.3. The number of carbonyl (C=O) groups is 1. The van der Waals surface area contributed by atoms with Gasteiger partial charge in [-0.1, -0.05) is 49.4 Å². The summed E-state index contributed by atoms with van der Waals surface area (Å²) in [7, 11) is -2.81. The zero-order valence-electron chi connectivity index (χ0n) is 23.0. The first-order valence-electron chi connectivity index (χ1n) is 13.2. The number of amides is 1. The van der Waals surface area contributed by atoms with Gasteiger partial charge in [-0.05, 0) is 53.9 Å². The van der Waals surface area contributed by atoms with Gasteiger partial charge in [-0.25, -0.2) is 8.42 Å². The highest BCUT2D eigenvalue weighted by Gasteiger charge is 2.34. The molecule has 7 nitrogen and oxygen atoms in total. The van der Waals surface area contributed by atoms with Crippen LogP contribution in [0.4, 0.5) is 13.2 Å². The Balaban J connectivity index is 1.69. The second kappa shape index (κ2) is 12.3. The van der Waals surface area contributed by atoms with Gasteiger partial charge in [0.05, 0.1) is 35.8 Å². The summed E-state index contributed by atoms with van der Waals surface area (Å²) in [5.41, 5.74) is 1.86. The molecule has 0 unspecified atom stereocenters. The number of sulfonamides is 1. The van der Waals surface area contributed by atoms with Crippen LogP contribution in [0.15, 0.2) is 77.7 Å². The molecule has 3 atom stereocenters. The van der Waals surface area contributed by atoms with E-state index in [0.29, 0.717) is 5.56 Å². The van der Waals surface area contributed by atoms with Crippen LogP contribution in [0.3, 0.4) is 0 Å². The van der Waals surface area contributed by atoms with Gasteiger partial charge < -0.3 is 14.7 Å². The van der Waals surface area contributed by atoms with E-state index in [1.807, 2.05) is 43.3 Å². The minimum atomic E-state index is -4.59. The molecular formula is C30H33F3N2O5S. The lowest BCUT2D eigenvalue weighted by molar-refractivity contribution is -0.137. The molecule has 1 aliphatic heterocycles. The maximum Gasteiger partial charge on any atom is 0.416 e. The normalized spacial score (nSPS) is 19.3. The van der Waals surface area contributed by atoms with E-state index in [4.69, 9.17) is 4.74 Å². The van der Waals surface area contributed by atoms with Gasteiger partial charge >= 0.3 is 6.18 Å². The number of likely N-dealkylation sites (N-methyl/N-ethyl adjacent to an activating group) is 1. The molecule has 11 heteroatoms. The van der Waals surface area contributed by atoms with Crippen LogP contribution >= 0.6 is 0 Å². The standard InChI is InChI=1S/C30H33F3N2O5S/c1-20-16-35(21(2)18-36)29(37)27-11-7-6-10-26(27)25-9-5-4-8-22(25)19-40-28(20)17-34(3)41(38,39)24-14-12-23(13-15-24)30(31,32)33/h4-15,20-21,28,36H,16-19H2,1-3H3/t20-,21-,28-/m0/s1. The topological polar surface area (TPSA) is 87.2 Å². The van der Waals surface area contributed by atoms with E-state index >= 15 is 0 Å². The molecule has 1 aliphatic rings. The first-order valence-corrected chi connectivity index (χ1v) is 14.6. The Morgan fingerprint density at radius 3 is 2.20 bits per heavy atom. The second-order valence-corrected chi connectivity index (χ2v) is 12.4. The molecule has 41 heavy (non-hydrogen) atoms. The van der Waals surface area contributed by atoms with Gasteiger partial charge in [0.15, 0.2) is 0 Å². The van der Waals surface area contributed by atoms with Crippen LogP contribution in [0.2, 0.25) is 0 Å². The van der Waals surface area contributed by atoms with Crippen molar-refractivity contribution >= 4 is 15.9 Å². The quantitative estimate of drug-likeness (QED) is 0.434. The Kier molecular flexibility index (Phi) is 9.22. The van der Waals surface area contributed by atoms with Gasteiger partial charge in [0.25, 0.3) is 5.91 Å². The number of hydrogen-bond donors (Lipinski definition) is 1. The molecule has 3 aromatic carbocycles.